The molecule has 0 amide bonds. The van der Waals surface area contributed by atoms with E-state index in [-0.39, 0.29) is 11.5 Å². The first-order valence-corrected chi connectivity index (χ1v) is 6.42. The number of rotatable bonds is 4. The molecule has 2 rings (SSSR count). The molecular weight excluding hydrogens is 222 g/mol. The normalized spacial score (nSPS) is 14.1. The first-order chi connectivity index (χ1) is 8.51. The second kappa shape index (κ2) is 4.75. The molecule has 0 aliphatic heterocycles. The average molecular weight is 245 g/mol. The summed E-state index contributed by atoms with van der Waals surface area (Å²) in [5, 5.41) is 4.73. The summed E-state index contributed by atoms with van der Waals surface area (Å²) in [7, 11) is 4.10. The lowest BCUT2D eigenvalue weighted by atomic mass is 9.80. The molecule has 1 aromatic heterocycles. The molecule has 1 heterocycles. The third kappa shape index (κ3) is 2.04. The minimum Gasteiger partial charge on any atom is -0.350 e. The van der Waals surface area contributed by atoms with Crippen LogP contribution in [0.25, 0.3) is 10.9 Å². The molecule has 1 atom stereocenters. The van der Waals surface area contributed by atoms with E-state index in [0.717, 1.165) is 0 Å². The van der Waals surface area contributed by atoms with E-state index in [9.17, 15) is 0 Å². The topological polar surface area (TPSA) is 43.0 Å². The fourth-order valence-electron chi connectivity index (χ4n) is 2.69. The molecule has 1 unspecified atom stereocenters. The van der Waals surface area contributed by atoms with Crippen molar-refractivity contribution >= 4 is 10.9 Å². The first kappa shape index (κ1) is 13.1. The van der Waals surface area contributed by atoms with Gasteiger partial charge < -0.3 is 15.6 Å². The summed E-state index contributed by atoms with van der Waals surface area (Å²) in [5.41, 5.74) is 8.54. The number of hydrogen-bond donors (Lipinski definition) is 2. The van der Waals surface area contributed by atoms with Gasteiger partial charge in [-0.05, 0) is 30.6 Å². The van der Waals surface area contributed by atoms with E-state index in [0.29, 0.717) is 6.54 Å². The lowest BCUT2D eigenvalue weighted by Gasteiger charge is -2.33. The Balaban J connectivity index is 2.59. The molecule has 0 aliphatic carbocycles. The van der Waals surface area contributed by atoms with Crippen LogP contribution < -0.4 is 11.1 Å². The maximum Gasteiger partial charge on any atom is 0.0481 e. The van der Waals surface area contributed by atoms with Gasteiger partial charge >= 0.3 is 0 Å². The van der Waals surface area contributed by atoms with E-state index in [4.69, 9.17) is 5.73 Å². The van der Waals surface area contributed by atoms with E-state index >= 15 is 0 Å². The molecule has 18 heavy (non-hydrogen) atoms. The van der Waals surface area contributed by atoms with E-state index in [1.165, 1.54) is 16.5 Å². The van der Waals surface area contributed by atoms with Gasteiger partial charge in [-0.3, -0.25) is 0 Å². The molecule has 2 aromatic rings. The molecule has 0 radical (unpaired) electrons. The number of fused-ring (bicyclic) bond motifs is 1. The number of nitrogens with two attached hydrogens (primary N) is 1. The van der Waals surface area contributed by atoms with Crippen molar-refractivity contribution in [2.75, 3.05) is 13.6 Å². The lowest BCUT2D eigenvalue weighted by molar-refractivity contribution is 0.267. The highest BCUT2D eigenvalue weighted by molar-refractivity contribution is 5.84. The van der Waals surface area contributed by atoms with Gasteiger partial charge in [0.2, 0.25) is 0 Å². The van der Waals surface area contributed by atoms with E-state index in [1.54, 1.807) is 0 Å². The van der Waals surface area contributed by atoms with Crippen molar-refractivity contribution in [2.45, 2.75) is 19.9 Å². The Morgan fingerprint density at radius 1 is 1.33 bits per heavy atom. The maximum absolute atomic E-state index is 5.92. The number of nitrogens with zero attached hydrogens (tertiary/aromatic N) is 1. The van der Waals surface area contributed by atoms with Crippen LogP contribution in [0.4, 0.5) is 0 Å². The largest absolute Gasteiger partial charge is 0.350 e. The van der Waals surface area contributed by atoms with Crippen LogP contribution in [0.15, 0.2) is 30.5 Å². The second-order valence-electron chi connectivity index (χ2n) is 5.63. The van der Waals surface area contributed by atoms with Crippen molar-refractivity contribution in [3.8, 4) is 0 Å². The summed E-state index contributed by atoms with van der Waals surface area (Å²) in [6, 6.07) is 8.76. The van der Waals surface area contributed by atoms with Crippen molar-refractivity contribution < 1.29 is 0 Å². The van der Waals surface area contributed by atoms with Crippen LogP contribution in [0.1, 0.15) is 25.5 Å². The molecule has 3 heteroatoms. The highest BCUT2D eigenvalue weighted by atomic mass is 15.0. The summed E-state index contributed by atoms with van der Waals surface area (Å²) in [6.07, 6.45) is 2.21. The maximum atomic E-state index is 5.92. The third-order valence-corrected chi connectivity index (χ3v) is 3.84. The van der Waals surface area contributed by atoms with Crippen LogP contribution in [-0.4, -0.2) is 18.2 Å². The predicted molar refractivity (Wildman–Crippen MR) is 77.6 cm³/mol. The smallest absolute Gasteiger partial charge is 0.0481 e. The standard InChI is InChI=1S/C15H23N3/c1-15(2,10-16)14(17-3)12-9-18(4)13-8-6-5-7-11(12)13/h5-9,14,17H,10,16H2,1-4H3. The molecule has 0 bridgehead atoms. The molecule has 0 aliphatic rings. The van der Waals surface area contributed by atoms with Crippen molar-refractivity contribution in [3.05, 3.63) is 36.0 Å². The minimum atomic E-state index is 0.0267. The van der Waals surface area contributed by atoms with Crippen LogP contribution in [0.5, 0.6) is 0 Å². The van der Waals surface area contributed by atoms with Crippen molar-refractivity contribution in [1.29, 1.82) is 0 Å². The summed E-state index contributed by atoms with van der Waals surface area (Å²) >= 11 is 0. The Bertz CT molecular complexity index is 540. The summed E-state index contributed by atoms with van der Waals surface area (Å²) in [5.74, 6) is 0. The molecule has 0 spiro atoms. The van der Waals surface area contributed by atoms with Crippen LogP contribution >= 0.6 is 0 Å². The van der Waals surface area contributed by atoms with Gasteiger partial charge in [0.15, 0.2) is 0 Å². The van der Waals surface area contributed by atoms with E-state index in [2.05, 4.69) is 61.2 Å². The summed E-state index contributed by atoms with van der Waals surface area (Å²) in [6.45, 7) is 5.06. The van der Waals surface area contributed by atoms with Crippen molar-refractivity contribution in [3.63, 3.8) is 0 Å². The van der Waals surface area contributed by atoms with Gasteiger partial charge in [0.1, 0.15) is 0 Å². The Hall–Kier alpha value is -1.32. The zero-order valence-corrected chi connectivity index (χ0v) is 11.7. The lowest BCUT2D eigenvalue weighted by Crippen LogP contribution is -2.37. The number of benzene rings is 1. The van der Waals surface area contributed by atoms with Gasteiger partial charge in [0.05, 0.1) is 0 Å². The third-order valence-electron chi connectivity index (χ3n) is 3.84. The Kier molecular flexibility index (Phi) is 3.46. The highest BCUT2D eigenvalue weighted by Gasteiger charge is 2.30. The second-order valence-corrected chi connectivity index (χ2v) is 5.63. The Morgan fingerprint density at radius 3 is 2.61 bits per heavy atom. The van der Waals surface area contributed by atoms with Crippen LogP contribution in [-0.2, 0) is 7.05 Å². The van der Waals surface area contributed by atoms with E-state index in [1.807, 2.05) is 7.05 Å². The molecule has 0 saturated heterocycles. The molecule has 0 saturated carbocycles. The van der Waals surface area contributed by atoms with E-state index < -0.39 is 0 Å². The minimum absolute atomic E-state index is 0.0267. The van der Waals surface area contributed by atoms with Crippen molar-refractivity contribution in [2.24, 2.45) is 18.2 Å². The first-order valence-electron chi connectivity index (χ1n) is 6.42. The number of nitrogens with one attached hydrogen (secondary N) is 1. The van der Waals surface area contributed by atoms with Gasteiger partial charge in [-0.1, -0.05) is 32.0 Å². The SMILES string of the molecule is CNC(c1cn(C)c2ccccc12)C(C)(C)CN. The summed E-state index contributed by atoms with van der Waals surface area (Å²) in [4.78, 5) is 0. The average Bonchev–Trinajstić information content (AvgIpc) is 2.68. The molecule has 1 aromatic carbocycles. The monoisotopic (exact) mass is 245 g/mol. The van der Waals surface area contributed by atoms with Gasteiger partial charge in [0.25, 0.3) is 0 Å². The molecule has 98 valence electrons. The zero-order chi connectivity index (χ0) is 13.3. The van der Waals surface area contributed by atoms with Gasteiger partial charge in [-0.2, -0.15) is 0 Å². The Morgan fingerprint density at radius 2 is 2.00 bits per heavy atom. The zero-order valence-electron chi connectivity index (χ0n) is 11.7. The molecule has 3 N–H and O–H groups in total. The van der Waals surface area contributed by atoms with Gasteiger partial charge in [-0.15, -0.1) is 0 Å². The predicted octanol–water partition coefficient (Wildman–Crippen LogP) is 2.42. The fourth-order valence-corrected chi connectivity index (χ4v) is 2.69. The quantitative estimate of drug-likeness (QED) is 0.868. The van der Waals surface area contributed by atoms with Crippen LogP contribution in [0.2, 0.25) is 0 Å². The number of aryl methyl sites for hydroxylation is 1. The molecule has 3 nitrogen and oxygen atoms in total. The van der Waals surface area contributed by atoms with Gasteiger partial charge in [0, 0.05) is 30.2 Å². The number of para-hydroxylation sites is 1. The number of aromatic nitrogens is 1. The highest BCUT2D eigenvalue weighted by Crippen LogP contribution is 2.36. The number of hydrogen-bond acceptors (Lipinski definition) is 2. The Labute approximate surface area is 109 Å². The summed E-state index contributed by atoms with van der Waals surface area (Å²) < 4.78 is 2.18. The van der Waals surface area contributed by atoms with Crippen LogP contribution in [0.3, 0.4) is 0 Å². The van der Waals surface area contributed by atoms with Crippen LogP contribution in [0, 0.1) is 5.41 Å². The molecular formula is C15H23N3. The van der Waals surface area contributed by atoms with Gasteiger partial charge in [-0.25, -0.2) is 0 Å². The molecule has 0 fully saturated rings. The fraction of sp³-hybridized carbons (Fsp3) is 0.467. The van der Waals surface area contributed by atoms with Crippen molar-refractivity contribution in [1.82, 2.24) is 9.88 Å².